The average Bonchev–Trinajstić information content (AvgIpc) is 2.79. The van der Waals surface area contributed by atoms with Gasteiger partial charge in [-0.25, -0.2) is 8.42 Å². The van der Waals surface area contributed by atoms with E-state index in [0.717, 1.165) is 24.8 Å². The van der Waals surface area contributed by atoms with Crippen molar-refractivity contribution in [2.75, 3.05) is 18.8 Å². The third kappa shape index (κ3) is 4.54. The quantitative estimate of drug-likeness (QED) is 0.836. The van der Waals surface area contributed by atoms with Crippen LogP contribution in [-0.2, 0) is 21.2 Å². The zero-order chi connectivity index (χ0) is 17.0. The predicted octanol–water partition coefficient (Wildman–Crippen LogP) is 1.15. The molecule has 0 spiro atoms. The molecule has 1 fully saturated rings. The van der Waals surface area contributed by atoms with Crippen LogP contribution in [0.1, 0.15) is 43.2 Å². The molecule has 130 valence electrons. The Morgan fingerprint density at radius 1 is 1.39 bits per heavy atom. The van der Waals surface area contributed by atoms with Crippen LogP contribution in [0.4, 0.5) is 0 Å². The summed E-state index contributed by atoms with van der Waals surface area (Å²) in [6.07, 6.45) is 3.03. The van der Waals surface area contributed by atoms with Crippen LogP contribution in [0.5, 0.6) is 0 Å². The normalized spacial score (nSPS) is 19.7. The fraction of sp³-hybridized carbons (Fsp3) is 0.733. The molecule has 1 N–H and O–H groups in total. The Kier molecular flexibility index (Phi) is 5.80. The van der Waals surface area contributed by atoms with E-state index in [4.69, 9.17) is 4.52 Å². The van der Waals surface area contributed by atoms with Gasteiger partial charge in [-0.3, -0.25) is 4.79 Å². The summed E-state index contributed by atoms with van der Waals surface area (Å²) in [6, 6.07) is 0.0479. The van der Waals surface area contributed by atoms with Crippen LogP contribution in [0.2, 0.25) is 0 Å². The summed E-state index contributed by atoms with van der Waals surface area (Å²) in [5, 5.41) is 6.47. The summed E-state index contributed by atoms with van der Waals surface area (Å²) in [4.78, 5) is 12.0. The van der Waals surface area contributed by atoms with Gasteiger partial charge in [-0.05, 0) is 33.6 Å². The zero-order valence-corrected chi connectivity index (χ0v) is 14.8. The lowest BCUT2D eigenvalue weighted by molar-refractivity contribution is -0.120. The maximum absolute atomic E-state index is 12.4. The highest BCUT2D eigenvalue weighted by Gasteiger charge is 2.29. The summed E-state index contributed by atoms with van der Waals surface area (Å²) in [7, 11) is -3.32. The van der Waals surface area contributed by atoms with Crippen LogP contribution < -0.4 is 5.32 Å². The van der Waals surface area contributed by atoms with E-state index in [1.807, 2.05) is 6.92 Å². The molecule has 1 aliphatic heterocycles. The molecule has 1 aromatic rings. The third-order valence-corrected chi connectivity index (χ3v) is 6.28. The summed E-state index contributed by atoms with van der Waals surface area (Å²) in [5.74, 6) is 0.332. The molecule has 1 saturated heterocycles. The molecule has 8 heteroatoms. The van der Waals surface area contributed by atoms with Crippen molar-refractivity contribution in [3.05, 3.63) is 17.0 Å². The smallest absolute Gasteiger partial charge is 0.224 e. The molecular weight excluding hydrogens is 318 g/mol. The summed E-state index contributed by atoms with van der Waals surface area (Å²) in [6.45, 7) is 6.17. The third-order valence-electron chi connectivity index (χ3n) is 4.30. The largest absolute Gasteiger partial charge is 0.361 e. The minimum Gasteiger partial charge on any atom is -0.361 e. The number of amides is 1. The van der Waals surface area contributed by atoms with Crippen molar-refractivity contribution in [3.8, 4) is 0 Å². The fourth-order valence-electron chi connectivity index (χ4n) is 2.90. The van der Waals surface area contributed by atoms with E-state index >= 15 is 0 Å². The Balaban J connectivity index is 1.83. The number of piperidine rings is 1. The number of nitrogens with zero attached hydrogens (tertiary/aromatic N) is 2. The summed E-state index contributed by atoms with van der Waals surface area (Å²) in [5.41, 5.74) is 1.45. The van der Waals surface area contributed by atoms with Crippen LogP contribution in [0.3, 0.4) is 0 Å². The van der Waals surface area contributed by atoms with Gasteiger partial charge >= 0.3 is 0 Å². The van der Waals surface area contributed by atoms with Gasteiger partial charge < -0.3 is 9.84 Å². The number of carbonyl (C=O) groups excluding carboxylic acids is 1. The number of hydrogen-bond donors (Lipinski definition) is 1. The van der Waals surface area contributed by atoms with Crippen molar-refractivity contribution >= 4 is 15.9 Å². The second-order valence-electron chi connectivity index (χ2n) is 6.10. The number of aromatic nitrogens is 1. The van der Waals surface area contributed by atoms with Crippen molar-refractivity contribution in [1.29, 1.82) is 0 Å². The van der Waals surface area contributed by atoms with Gasteiger partial charge in [0.15, 0.2) is 0 Å². The summed E-state index contributed by atoms with van der Waals surface area (Å²) < 4.78 is 31.3. The first kappa shape index (κ1) is 17.9. The van der Waals surface area contributed by atoms with Crippen LogP contribution in [0.25, 0.3) is 0 Å². The summed E-state index contributed by atoms with van der Waals surface area (Å²) >= 11 is 0. The molecule has 1 aromatic heterocycles. The van der Waals surface area contributed by atoms with E-state index < -0.39 is 10.0 Å². The Bertz CT molecular complexity index is 634. The van der Waals surface area contributed by atoms with Gasteiger partial charge in [0.2, 0.25) is 15.9 Å². The lowest BCUT2D eigenvalue weighted by atomic mass is 10.1. The fourth-order valence-corrected chi connectivity index (χ4v) is 4.55. The van der Waals surface area contributed by atoms with Crippen molar-refractivity contribution in [3.63, 3.8) is 0 Å². The van der Waals surface area contributed by atoms with Crippen LogP contribution >= 0.6 is 0 Å². The zero-order valence-electron chi connectivity index (χ0n) is 14.0. The lowest BCUT2D eigenvalue weighted by Gasteiger charge is -2.32. The maximum atomic E-state index is 12.4. The molecule has 7 nitrogen and oxygen atoms in total. The first-order valence-electron chi connectivity index (χ1n) is 7.99. The van der Waals surface area contributed by atoms with E-state index in [1.54, 1.807) is 18.2 Å². The number of sulfonamides is 1. The second-order valence-corrected chi connectivity index (χ2v) is 8.14. The first-order valence-corrected chi connectivity index (χ1v) is 9.60. The number of rotatable bonds is 6. The van der Waals surface area contributed by atoms with E-state index in [-0.39, 0.29) is 30.7 Å². The van der Waals surface area contributed by atoms with Gasteiger partial charge in [-0.1, -0.05) is 11.6 Å². The second kappa shape index (κ2) is 7.44. The van der Waals surface area contributed by atoms with E-state index in [0.29, 0.717) is 18.0 Å². The van der Waals surface area contributed by atoms with Gasteiger partial charge in [-0.2, -0.15) is 4.31 Å². The first-order chi connectivity index (χ1) is 10.8. The Hall–Kier alpha value is -1.41. The standard InChI is InChI=1S/C15H25N3O4S/c1-11-6-4-5-8-18(11)23(20,21)9-7-16-15(19)10-14-12(2)17-22-13(14)3/h11H,4-10H2,1-3H3,(H,16,19). The van der Waals surface area contributed by atoms with Gasteiger partial charge in [0.05, 0.1) is 17.9 Å². The van der Waals surface area contributed by atoms with E-state index in [2.05, 4.69) is 10.5 Å². The highest BCUT2D eigenvalue weighted by Crippen LogP contribution is 2.20. The number of nitrogens with one attached hydrogen (secondary N) is 1. The Morgan fingerprint density at radius 2 is 2.13 bits per heavy atom. The van der Waals surface area contributed by atoms with Crippen LogP contribution in [0.15, 0.2) is 4.52 Å². The Morgan fingerprint density at radius 3 is 2.74 bits per heavy atom. The van der Waals surface area contributed by atoms with Crippen molar-refractivity contribution < 1.29 is 17.7 Å². The van der Waals surface area contributed by atoms with Crippen molar-refractivity contribution in [2.45, 2.75) is 52.5 Å². The predicted molar refractivity (Wildman–Crippen MR) is 86.5 cm³/mol. The topological polar surface area (TPSA) is 92.5 Å². The molecule has 0 aliphatic carbocycles. The number of hydrogen-bond acceptors (Lipinski definition) is 5. The van der Waals surface area contributed by atoms with Crippen molar-refractivity contribution in [2.24, 2.45) is 0 Å². The Labute approximate surface area is 137 Å². The van der Waals surface area contributed by atoms with Crippen LogP contribution in [-0.4, -0.2) is 48.7 Å². The van der Waals surface area contributed by atoms with Gasteiger partial charge in [-0.15, -0.1) is 0 Å². The highest BCUT2D eigenvalue weighted by molar-refractivity contribution is 7.89. The highest BCUT2D eigenvalue weighted by atomic mass is 32.2. The molecule has 0 bridgehead atoms. The van der Waals surface area contributed by atoms with Gasteiger partial charge in [0.25, 0.3) is 0 Å². The molecule has 0 radical (unpaired) electrons. The monoisotopic (exact) mass is 343 g/mol. The van der Waals surface area contributed by atoms with Crippen molar-refractivity contribution in [1.82, 2.24) is 14.8 Å². The molecule has 1 unspecified atom stereocenters. The molecule has 0 aromatic carbocycles. The number of aryl methyl sites for hydroxylation is 2. The minimum absolute atomic E-state index is 0.0479. The van der Waals surface area contributed by atoms with Gasteiger partial charge in [0.1, 0.15) is 5.76 Å². The molecular formula is C15H25N3O4S. The van der Waals surface area contributed by atoms with E-state index in [9.17, 15) is 13.2 Å². The molecule has 1 atom stereocenters. The molecule has 2 heterocycles. The SMILES string of the molecule is Cc1noc(C)c1CC(=O)NCCS(=O)(=O)N1CCCCC1C. The molecule has 1 amide bonds. The molecule has 1 aliphatic rings. The molecule has 0 saturated carbocycles. The van der Waals surface area contributed by atoms with E-state index in [1.165, 1.54) is 0 Å². The average molecular weight is 343 g/mol. The molecule has 2 rings (SSSR count). The molecule has 23 heavy (non-hydrogen) atoms. The minimum atomic E-state index is -3.32. The van der Waals surface area contributed by atoms with Gasteiger partial charge in [0, 0.05) is 24.7 Å². The van der Waals surface area contributed by atoms with Crippen LogP contribution in [0, 0.1) is 13.8 Å². The maximum Gasteiger partial charge on any atom is 0.224 e. The number of carbonyl (C=O) groups is 1. The lowest BCUT2D eigenvalue weighted by Crippen LogP contribution is -2.45.